The molecular formula is C12H20NO2PS2. The van der Waals surface area contributed by atoms with Gasteiger partial charge in [0.25, 0.3) is 0 Å². The number of thiol groups is 1. The first kappa shape index (κ1) is 16.0. The average molecular weight is 305 g/mol. The van der Waals surface area contributed by atoms with Crippen molar-refractivity contribution in [1.82, 2.24) is 0 Å². The minimum Gasteiger partial charge on any atom is -0.372 e. The monoisotopic (exact) mass is 305 g/mol. The first-order valence-electron chi connectivity index (χ1n) is 5.81. The third-order valence-corrected chi connectivity index (χ3v) is 3.85. The zero-order chi connectivity index (χ0) is 13.8. The average Bonchev–Trinajstić information content (AvgIpc) is 2.27. The van der Waals surface area contributed by atoms with Gasteiger partial charge >= 0.3 is 0 Å². The summed E-state index contributed by atoms with van der Waals surface area (Å²) in [6.07, 6.45) is 0. The summed E-state index contributed by atoms with van der Waals surface area (Å²) in [6, 6.07) is 8.40. The molecule has 0 saturated heterocycles. The van der Waals surface area contributed by atoms with E-state index in [0.717, 1.165) is 5.69 Å². The first-order valence-corrected chi connectivity index (χ1v) is 9.63. The molecule has 0 aromatic heterocycles. The van der Waals surface area contributed by atoms with Gasteiger partial charge in [0.2, 0.25) is 5.69 Å². The predicted molar refractivity (Wildman–Crippen MR) is 85.2 cm³/mol. The second-order valence-corrected chi connectivity index (χ2v) is 9.66. The van der Waals surface area contributed by atoms with E-state index in [2.05, 4.69) is 55.3 Å². The second-order valence-electron chi connectivity index (χ2n) is 4.50. The van der Waals surface area contributed by atoms with Crippen LogP contribution in [0.3, 0.4) is 0 Å². The molecule has 18 heavy (non-hydrogen) atoms. The van der Waals surface area contributed by atoms with E-state index >= 15 is 0 Å². The Hall–Kier alpha value is -0.0600. The van der Waals surface area contributed by atoms with Crippen LogP contribution in [0, 0.1) is 0 Å². The quantitative estimate of drug-likeness (QED) is 0.623. The predicted octanol–water partition coefficient (Wildman–Crippen LogP) is 3.41. The van der Waals surface area contributed by atoms with Gasteiger partial charge < -0.3 is 14.3 Å². The van der Waals surface area contributed by atoms with E-state index in [1.807, 2.05) is 7.05 Å². The number of rotatable bonds is 6. The number of benzene rings is 1. The highest BCUT2D eigenvalue weighted by atomic mass is 32.9. The molecule has 1 unspecified atom stereocenters. The Bertz CT molecular complexity index is 434. The maximum atomic E-state index is 9.27. The van der Waals surface area contributed by atoms with Crippen LogP contribution in [0.5, 0.6) is 0 Å². The van der Waals surface area contributed by atoms with Crippen LogP contribution in [0.2, 0.25) is 0 Å². The van der Waals surface area contributed by atoms with Gasteiger partial charge in [-0.1, -0.05) is 38.2 Å². The summed E-state index contributed by atoms with van der Waals surface area (Å²) in [7, 11) is 1.99. The molecule has 3 nitrogen and oxygen atoms in total. The number of hydrogen-bond acceptors (Lipinski definition) is 3. The molecule has 0 aliphatic rings. The normalized spacial score (nSPS) is 14.6. The van der Waals surface area contributed by atoms with Gasteiger partial charge in [0.05, 0.1) is 6.61 Å². The summed E-state index contributed by atoms with van der Waals surface area (Å²) in [6.45, 7) is 5.39. The Morgan fingerprint density at radius 3 is 2.72 bits per heavy atom. The van der Waals surface area contributed by atoms with Gasteiger partial charge in [-0.15, -0.1) is 0 Å². The molecule has 0 fully saturated rings. The van der Waals surface area contributed by atoms with Crippen molar-refractivity contribution in [3.63, 3.8) is 0 Å². The molecule has 1 aromatic rings. The molecule has 1 N–H and O–H groups in total. The minimum absolute atomic E-state index is 0.375. The van der Waals surface area contributed by atoms with Crippen molar-refractivity contribution in [2.24, 2.45) is 0 Å². The molecule has 0 aliphatic heterocycles. The highest BCUT2D eigenvalue weighted by Gasteiger charge is 2.08. The molecule has 102 valence electrons. The van der Waals surface area contributed by atoms with Crippen molar-refractivity contribution >= 4 is 35.4 Å². The molecule has 0 heterocycles. The molecular weight excluding hydrogens is 285 g/mol. The van der Waals surface area contributed by atoms with Gasteiger partial charge in [-0.2, -0.15) is 0 Å². The fourth-order valence-electron chi connectivity index (χ4n) is 1.55. The Balaban J connectivity index is 2.58. The Morgan fingerprint density at radius 1 is 1.50 bits per heavy atom. The van der Waals surface area contributed by atoms with Gasteiger partial charge in [-0.05, 0) is 35.4 Å². The molecule has 0 bridgehead atoms. The van der Waals surface area contributed by atoms with Crippen LogP contribution in [-0.4, -0.2) is 25.1 Å². The summed E-state index contributed by atoms with van der Waals surface area (Å²) in [5.41, 5.74) is -0.396. The summed E-state index contributed by atoms with van der Waals surface area (Å²) in [5.74, 6) is 0.510. The van der Waals surface area contributed by atoms with Crippen LogP contribution in [0.25, 0.3) is 0 Å². The van der Waals surface area contributed by atoms with Crippen molar-refractivity contribution in [2.75, 3.05) is 25.1 Å². The lowest BCUT2D eigenvalue weighted by molar-refractivity contribution is 0.328. The van der Waals surface area contributed by atoms with Crippen molar-refractivity contribution in [1.29, 1.82) is 0 Å². The lowest BCUT2D eigenvalue weighted by atomic mass is 10.0. The second kappa shape index (κ2) is 6.92. The summed E-state index contributed by atoms with van der Waals surface area (Å²) in [5, 5.41) is 0. The summed E-state index contributed by atoms with van der Waals surface area (Å²) in [4.78, 5) is 11.3. The van der Waals surface area contributed by atoms with E-state index in [1.54, 1.807) is 0 Å². The first-order chi connectivity index (χ1) is 8.29. The summed E-state index contributed by atoms with van der Waals surface area (Å²) < 4.78 is 5.10. The van der Waals surface area contributed by atoms with E-state index in [-0.39, 0.29) is 0 Å². The van der Waals surface area contributed by atoms with Crippen LogP contribution in [0.4, 0.5) is 5.69 Å². The number of likely N-dealkylation sites (N-methyl/N-ethyl adjacent to an activating group) is 1. The Labute approximate surface area is 119 Å². The molecule has 0 saturated carbocycles. The number of nitrogens with zero attached hydrogens (tertiary/aromatic N) is 1. The van der Waals surface area contributed by atoms with E-state index in [9.17, 15) is 4.89 Å². The lowest BCUT2D eigenvalue weighted by Gasteiger charge is -2.21. The molecule has 1 aromatic carbocycles. The van der Waals surface area contributed by atoms with Gasteiger partial charge in [0.15, 0.2) is 0 Å². The van der Waals surface area contributed by atoms with Crippen LogP contribution < -0.4 is 4.90 Å². The SMILES string of the molecule is CC(C)c1cccc(N(C)CCOP(O)(=S)S)c1. The highest BCUT2D eigenvalue weighted by molar-refractivity contribution is 8.59. The van der Waals surface area contributed by atoms with E-state index < -0.39 is 5.69 Å². The maximum Gasteiger partial charge on any atom is 0.241 e. The smallest absolute Gasteiger partial charge is 0.241 e. The van der Waals surface area contributed by atoms with Crippen molar-refractivity contribution in [3.05, 3.63) is 29.8 Å². The molecule has 0 amide bonds. The third-order valence-electron chi connectivity index (χ3n) is 2.66. The van der Waals surface area contributed by atoms with Crippen LogP contribution >= 0.6 is 17.9 Å². The molecule has 6 heteroatoms. The van der Waals surface area contributed by atoms with Crippen molar-refractivity contribution in [3.8, 4) is 0 Å². The minimum atomic E-state index is -2.84. The van der Waals surface area contributed by atoms with Crippen LogP contribution in [0.15, 0.2) is 24.3 Å². The van der Waals surface area contributed by atoms with E-state index in [4.69, 9.17) is 16.3 Å². The van der Waals surface area contributed by atoms with E-state index in [1.165, 1.54) is 5.56 Å². The molecule has 0 spiro atoms. The topological polar surface area (TPSA) is 32.7 Å². The third kappa shape index (κ3) is 5.72. The fourth-order valence-corrected chi connectivity index (χ4v) is 2.34. The van der Waals surface area contributed by atoms with Gasteiger partial charge in [-0.3, -0.25) is 0 Å². The van der Waals surface area contributed by atoms with Crippen molar-refractivity contribution < 1.29 is 9.42 Å². The molecule has 0 radical (unpaired) electrons. The largest absolute Gasteiger partial charge is 0.372 e. The van der Waals surface area contributed by atoms with Crippen LogP contribution in [-0.2, 0) is 16.3 Å². The fraction of sp³-hybridized carbons (Fsp3) is 0.500. The molecule has 1 rings (SSSR count). The molecule has 1 atom stereocenters. The zero-order valence-corrected chi connectivity index (χ0v) is 13.5. The summed E-state index contributed by atoms with van der Waals surface area (Å²) >= 11 is 8.53. The van der Waals surface area contributed by atoms with E-state index in [0.29, 0.717) is 19.1 Å². The van der Waals surface area contributed by atoms with Crippen LogP contribution in [0.1, 0.15) is 25.3 Å². The van der Waals surface area contributed by atoms with Gasteiger partial charge in [0.1, 0.15) is 0 Å². The Kier molecular flexibility index (Phi) is 6.15. The number of hydrogen-bond donors (Lipinski definition) is 2. The maximum absolute atomic E-state index is 9.27. The van der Waals surface area contributed by atoms with Gasteiger partial charge in [0, 0.05) is 19.3 Å². The lowest BCUT2D eigenvalue weighted by Crippen LogP contribution is -2.22. The standard InChI is InChI=1S/C12H20NO2PS2/c1-10(2)11-5-4-6-12(9-11)13(3)7-8-15-16(14,17)18/h4-6,9-10H,7-8H2,1-3H3,(H2,14,17,18). The van der Waals surface area contributed by atoms with Gasteiger partial charge in [-0.25, -0.2) is 0 Å². The molecule has 0 aliphatic carbocycles. The Morgan fingerprint density at radius 2 is 2.17 bits per heavy atom. The number of anilines is 1. The zero-order valence-electron chi connectivity index (χ0n) is 10.9. The highest BCUT2D eigenvalue weighted by Crippen LogP contribution is 2.46. The van der Waals surface area contributed by atoms with Crippen molar-refractivity contribution in [2.45, 2.75) is 19.8 Å².